The van der Waals surface area contributed by atoms with Crippen LogP contribution in [0.3, 0.4) is 0 Å². The van der Waals surface area contributed by atoms with Gasteiger partial charge in [0.05, 0.1) is 24.8 Å². The molecule has 1 heterocycles. The maximum Gasteiger partial charge on any atom is 0.355 e. The van der Waals surface area contributed by atoms with Gasteiger partial charge in [0.25, 0.3) is 5.91 Å². The van der Waals surface area contributed by atoms with Crippen LogP contribution in [0.4, 0.5) is 23.0 Å². The third kappa shape index (κ3) is 5.50. The van der Waals surface area contributed by atoms with E-state index in [0.29, 0.717) is 22.9 Å². The number of aromatic nitrogens is 2. The Morgan fingerprint density at radius 1 is 1.03 bits per heavy atom. The van der Waals surface area contributed by atoms with Gasteiger partial charge in [0.1, 0.15) is 23.6 Å². The molecule has 0 saturated carbocycles. The van der Waals surface area contributed by atoms with Gasteiger partial charge >= 0.3 is 5.69 Å². The zero-order valence-electron chi connectivity index (χ0n) is 17.2. The molecular formula is C20H20N6O6. The monoisotopic (exact) mass is 440 g/mol. The number of amides is 1. The number of nitrogens with one attached hydrogen (secondary N) is 3. The van der Waals surface area contributed by atoms with Crippen molar-refractivity contribution in [1.29, 1.82) is 0 Å². The minimum Gasteiger partial charge on any atom is -0.497 e. The summed E-state index contributed by atoms with van der Waals surface area (Å²) in [4.78, 5) is 30.9. The lowest BCUT2D eigenvalue weighted by Gasteiger charge is -2.14. The van der Waals surface area contributed by atoms with Crippen molar-refractivity contribution in [2.75, 3.05) is 31.6 Å². The number of benzene rings is 2. The number of hydrazine groups is 1. The normalized spacial score (nSPS) is 10.1. The van der Waals surface area contributed by atoms with Gasteiger partial charge < -0.3 is 19.5 Å². The Bertz CT molecular complexity index is 1100. The summed E-state index contributed by atoms with van der Waals surface area (Å²) < 4.78 is 15.8. The highest BCUT2D eigenvalue weighted by Crippen LogP contribution is 2.35. The lowest BCUT2D eigenvalue weighted by atomic mass is 10.2. The molecule has 3 rings (SSSR count). The predicted molar refractivity (Wildman–Crippen MR) is 115 cm³/mol. The number of nitrogens with zero attached hydrogens (tertiary/aromatic N) is 3. The van der Waals surface area contributed by atoms with Crippen LogP contribution < -0.4 is 30.4 Å². The number of nitro groups is 1. The quantitative estimate of drug-likeness (QED) is 0.317. The Labute approximate surface area is 182 Å². The molecule has 166 valence electrons. The van der Waals surface area contributed by atoms with Crippen LogP contribution in [0.2, 0.25) is 0 Å². The van der Waals surface area contributed by atoms with Crippen LogP contribution in [0.15, 0.2) is 54.9 Å². The fourth-order valence-electron chi connectivity index (χ4n) is 2.60. The number of carbonyl (C=O) groups is 1. The summed E-state index contributed by atoms with van der Waals surface area (Å²) in [5, 5.41) is 14.6. The van der Waals surface area contributed by atoms with E-state index in [0.717, 1.165) is 6.33 Å². The number of rotatable bonds is 10. The SMILES string of the molecule is COc1ccc(OC)c(Nc2ncnc(NNC(=O)COc3ccccc3)c2[N+](=O)[O-])c1. The second-order valence-corrected chi connectivity index (χ2v) is 6.14. The molecule has 0 atom stereocenters. The average Bonchev–Trinajstić information content (AvgIpc) is 2.81. The predicted octanol–water partition coefficient (Wildman–Crippen LogP) is 2.67. The first-order valence-electron chi connectivity index (χ1n) is 9.23. The van der Waals surface area contributed by atoms with E-state index in [-0.39, 0.29) is 18.2 Å². The number of para-hydroxylation sites is 1. The van der Waals surface area contributed by atoms with Crippen LogP contribution in [0, 0.1) is 10.1 Å². The summed E-state index contributed by atoms with van der Waals surface area (Å²) in [6, 6.07) is 13.7. The molecule has 3 N–H and O–H groups in total. The zero-order chi connectivity index (χ0) is 22.9. The molecule has 0 saturated heterocycles. The molecule has 2 aromatic carbocycles. The topological polar surface area (TPSA) is 150 Å². The zero-order valence-corrected chi connectivity index (χ0v) is 17.2. The Morgan fingerprint density at radius 2 is 1.78 bits per heavy atom. The van der Waals surface area contributed by atoms with Crippen LogP contribution in [0.5, 0.6) is 17.2 Å². The van der Waals surface area contributed by atoms with Gasteiger partial charge in [0, 0.05) is 6.07 Å². The first-order chi connectivity index (χ1) is 15.5. The summed E-state index contributed by atoms with van der Waals surface area (Å²) in [6.45, 7) is -0.304. The molecule has 32 heavy (non-hydrogen) atoms. The molecule has 0 bridgehead atoms. The lowest BCUT2D eigenvalue weighted by Crippen LogP contribution is -2.34. The average molecular weight is 440 g/mol. The summed E-state index contributed by atoms with van der Waals surface area (Å²) in [5.41, 5.74) is 4.66. The highest BCUT2D eigenvalue weighted by atomic mass is 16.6. The first kappa shape index (κ1) is 22.1. The number of methoxy groups -OCH3 is 2. The molecule has 0 radical (unpaired) electrons. The van der Waals surface area contributed by atoms with E-state index in [4.69, 9.17) is 14.2 Å². The molecule has 1 amide bonds. The third-order valence-corrected chi connectivity index (χ3v) is 4.10. The van der Waals surface area contributed by atoms with Crippen LogP contribution >= 0.6 is 0 Å². The van der Waals surface area contributed by atoms with E-state index in [1.54, 1.807) is 42.5 Å². The van der Waals surface area contributed by atoms with E-state index in [1.807, 2.05) is 6.07 Å². The Morgan fingerprint density at radius 3 is 2.47 bits per heavy atom. The first-order valence-corrected chi connectivity index (χ1v) is 9.23. The van der Waals surface area contributed by atoms with Crippen LogP contribution in [0.25, 0.3) is 0 Å². The highest BCUT2D eigenvalue weighted by molar-refractivity contribution is 5.81. The van der Waals surface area contributed by atoms with Gasteiger partial charge in [0.15, 0.2) is 6.61 Å². The second-order valence-electron chi connectivity index (χ2n) is 6.14. The largest absolute Gasteiger partial charge is 0.497 e. The minimum atomic E-state index is -0.677. The molecule has 0 spiro atoms. The standard InChI is InChI=1S/C20H20N6O6/c1-30-14-8-9-16(31-2)15(10-14)23-19-18(26(28)29)20(22-12-21-19)25-24-17(27)11-32-13-6-4-3-5-7-13/h3-10,12H,11H2,1-2H3,(H,24,27)(H2,21,22,23,25). The van der Waals surface area contributed by atoms with Crippen molar-refractivity contribution < 1.29 is 23.9 Å². The van der Waals surface area contributed by atoms with E-state index in [1.165, 1.54) is 14.2 Å². The minimum absolute atomic E-state index is 0.117. The van der Waals surface area contributed by atoms with E-state index >= 15 is 0 Å². The fourth-order valence-corrected chi connectivity index (χ4v) is 2.60. The Kier molecular flexibility index (Phi) is 7.20. The molecule has 1 aromatic heterocycles. The fraction of sp³-hybridized carbons (Fsp3) is 0.150. The number of anilines is 3. The summed E-state index contributed by atoms with van der Waals surface area (Å²) >= 11 is 0. The molecular weight excluding hydrogens is 420 g/mol. The number of hydrogen-bond donors (Lipinski definition) is 3. The number of carbonyl (C=O) groups excluding carboxylic acids is 1. The number of hydrogen-bond acceptors (Lipinski definition) is 10. The molecule has 0 aliphatic heterocycles. The van der Waals surface area contributed by atoms with Gasteiger partial charge in [-0.05, 0) is 24.3 Å². The Hall–Kier alpha value is -4.61. The maximum atomic E-state index is 12.0. The lowest BCUT2D eigenvalue weighted by molar-refractivity contribution is -0.383. The number of ether oxygens (including phenoxy) is 3. The van der Waals surface area contributed by atoms with Crippen molar-refractivity contribution in [3.05, 3.63) is 65.0 Å². The summed E-state index contributed by atoms with van der Waals surface area (Å²) in [6.07, 6.45) is 1.11. The van der Waals surface area contributed by atoms with E-state index in [9.17, 15) is 14.9 Å². The van der Waals surface area contributed by atoms with Gasteiger partial charge in [-0.25, -0.2) is 9.97 Å². The molecule has 0 aliphatic rings. The van der Waals surface area contributed by atoms with Gasteiger partial charge in [0.2, 0.25) is 11.6 Å². The second kappa shape index (κ2) is 10.4. The van der Waals surface area contributed by atoms with Crippen molar-refractivity contribution in [3.63, 3.8) is 0 Å². The van der Waals surface area contributed by atoms with Gasteiger partial charge in [-0.2, -0.15) is 0 Å². The van der Waals surface area contributed by atoms with E-state index < -0.39 is 16.5 Å². The smallest absolute Gasteiger partial charge is 0.355 e. The van der Waals surface area contributed by atoms with Crippen molar-refractivity contribution in [2.45, 2.75) is 0 Å². The van der Waals surface area contributed by atoms with Crippen molar-refractivity contribution in [3.8, 4) is 17.2 Å². The van der Waals surface area contributed by atoms with Crippen molar-refractivity contribution in [1.82, 2.24) is 15.4 Å². The highest BCUT2D eigenvalue weighted by Gasteiger charge is 2.24. The summed E-state index contributed by atoms with van der Waals surface area (Å²) in [5.74, 6) is 0.532. The molecule has 12 heteroatoms. The van der Waals surface area contributed by atoms with Gasteiger partial charge in [-0.15, -0.1) is 0 Å². The van der Waals surface area contributed by atoms with Crippen molar-refractivity contribution in [2.24, 2.45) is 0 Å². The summed E-state index contributed by atoms with van der Waals surface area (Å²) in [7, 11) is 2.95. The van der Waals surface area contributed by atoms with Crippen molar-refractivity contribution >= 4 is 28.9 Å². The molecule has 12 nitrogen and oxygen atoms in total. The molecule has 3 aromatic rings. The maximum absolute atomic E-state index is 12.0. The van der Waals surface area contributed by atoms with Crippen LogP contribution in [-0.2, 0) is 4.79 Å². The van der Waals surface area contributed by atoms with Gasteiger partial charge in [-0.3, -0.25) is 25.8 Å². The Balaban J connectivity index is 1.75. The third-order valence-electron chi connectivity index (χ3n) is 4.10. The molecule has 0 unspecified atom stereocenters. The van der Waals surface area contributed by atoms with Crippen LogP contribution in [0.1, 0.15) is 0 Å². The molecule has 0 fully saturated rings. The van der Waals surface area contributed by atoms with E-state index in [2.05, 4.69) is 26.1 Å². The van der Waals surface area contributed by atoms with Gasteiger partial charge in [-0.1, -0.05) is 18.2 Å². The van der Waals surface area contributed by atoms with Crippen LogP contribution in [-0.4, -0.2) is 41.6 Å². The molecule has 0 aliphatic carbocycles.